The summed E-state index contributed by atoms with van der Waals surface area (Å²) in [6.07, 6.45) is 1.68. The van der Waals surface area contributed by atoms with Crippen molar-refractivity contribution in [3.63, 3.8) is 0 Å². The van der Waals surface area contributed by atoms with E-state index in [-0.39, 0.29) is 0 Å². The molecule has 0 saturated heterocycles. The second-order valence-electron chi connectivity index (χ2n) is 3.68. The highest BCUT2D eigenvalue weighted by molar-refractivity contribution is 5.37. The predicted molar refractivity (Wildman–Crippen MR) is 64.2 cm³/mol. The fourth-order valence-electron chi connectivity index (χ4n) is 1.37. The number of aryl methyl sites for hydroxylation is 1. The van der Waals surface area contributed by atoms with Crippen LogP contribution in [0.3, 0.4) is 0 Å². The zero-order valence-corrected chi connectivity index (χ0v) is 9.18. The van der Waals surface area contributed by atoms with E-state index in [0.29, 0.717) is 12.3 Å². The van der Waals surface area contributed by atoms with Crippen LogP contribution in [0.15, 0.2) is 42.6 Å². The molecule has 2 rings (SSSR count). The molecule has 0 spiro atoms. The molecule has 0 aliphatic rings. The van der Waals surface area contributed by atoms with Crippen molar-refractivity contribution in [2.45, 2.75) is 13.5 Å². The van der Waals surface area contributed by atoms with E-state index in [4.69, 9.17) is 10.5 Å². The second-order valence-corrected chi connectivity index (χ2v) is 3.68. The van der Waals surface area contributed by atoms with Crippen LogP contribution >= 0.6 is 0 Å². The molecule has 0 aliphatic carbocycles. The number of aromatic nitrogens is 1. The Morgan fingerprint density at radius 2 is 1.94 bits per heavy atom. The molecular formula is C13H14N2O. The highest BCUT2D eigenvalue weighted by Crippen LogP contribution is 2.13. The van der Waals surface area contributed by atoms with Crippen molar-refractivity contribution in [1.82, 2.24) is 4.98 Å². The van der Waals surface area contributed by atoms with Crippen molar-refractivity contribution in [1.29, 1.82) is 0 Å². The van der Waals surface area contributed by atoms with E-state index < -0.39 is 0 Å². The molecule has 2 N–H and O–H groups in total. The van der Waals surface area contributed by atoms with E-state index in [0.717, 1.165) is 11.4 Å². The van der Waals surface area contributed by atoms with E-state index in [2.05, 4.69) is 4.98 Å². The van der Waals surface area contributed by atoms with Crippen LogP contribution in [0.25, 0.3) is 0 Å². The van der Waals surface area contributed by atoms with Gasteiger partial charge in [-0.2, -0.15) is 0 Å². The highest BCUT2D eigenvalue weighted by Gasteiger charge is 1.97. The molecule has 1 aromatic heterocycles. The molecule has 2 aromatic rings. The van der Waals surface area contributed by atoms with Gasteiger partial charge in [-0.15, -0.1) is 0 Å². The van der Waals surface area contributed by atoms with Gasteiger partial charge < -0.3 is 10.5 Å². The van der Waals surface area contributed by atoms with Gasteiger partial charge in [0.05, 0.1) is 5.69 Å². The minimum Gasteiger partial charge on any atom is -0.487 e. The lowest BCUT2D eigenvalue weighted by Gasteiger charge is -2.06. The Hall–Kier alpha value is -2.03. The number of rotatable bonds is 3. The average molecular weight is 214 g/mol. The zero-order valence-electron chi connectivity index (χ0n) is 9.18. The number of nitrogens with zero attached hydrogens (tertiary/aromatic N) is 1. The van der Waals surface area contributed by atoms with Crippen molar-refractivity contribution in [3.05, 3.63) is 53.9 Å². The molecule has 1 aromatic carbocycles. The van der Waals surface area contributed by atoms with E-state index in [9.17, 15) is 0 Å². The average Bonchev–Trinajstić information content (AvgIpc) is 2.28. The summed E-state index contributed by atoms with van der Waals surface area (Å²) in [5.74, 6) is 0.842. The number of nitrogens with two attached hydrogens (primary N) is 1. The molecule has 0 unspecified atom stereocenters. The normalized spacial score (nSPS) is 10.1. The molecule has 0 radical (unpaired) electrons. The predicted octanol–water partition coefficient (Wildman–Crippen LogP) is 2.55. The standard InChI is InChI=1S/C13H14N2O/c1-10-2-4-13(5-3-10)16-9-12-8-11(14)6-7-15-12/h2-8H,9H2,1H3,(H2,14,15). The molecule has 0 amide bonds. The minimum atomic E-state index is 0.439. The summed E-state index contributed by atoms with van der Waals surface area (Å²) in [5, 5.41) is 0. The smallest absolute Gasteiger partial charge is 0.130 e. The zero-order chi connectivity index (χ0) is 11.4. The van der Waals surface area contributed by atoms with Crippen molar-refractivity contribution in [2.24, 2.45) is 0 Å². The van der Waals surface area contributed by atoms with Crippen LogP contribution in [0, 0.1) is 6.92 Å². The number of hydrogen-bond donors (Lipinski definition) is 1. The lowest BCUT2D eigenvalue weighted by Crippen LogP contribution is -1.99. The van der Waals surface area contributed by atoms with Crippen molar-refractivity contribution in [2.75, 3.05) is 5.73 Å². The Bertz CT molecular complexity index is 466. The SMILES string of the molecule is Cc1ccc(OCc2cc(N)ccn2)cc1. The molecule has 3 nitrogen and oxygen atoms in total. The lowest BCUT2D eigenvalue weighted by molar-refractivity contribution is 0.301. The van der Waals surface area contributed by atoms with Gasteiger partial charge in [-0.05, 0) is 31.2 Å². The van der Waals surface area contributed by atoms with Gasteiger partial charge in [0.2, 0.25) is 0 Å². The third kappa shape index (κ3) is 2.73. The van der Waals surface area contributed by atoms with Gasteiger partial charge in [-0.1, -0.05) is 17.7 Å². The summed E-state index contributed by atoms with van der Waals surface area (Å²) in [6.45, 7) is 2.48. The van der Waals surface area contributed by atoms with Crippen molar-refractivity contribution >= 4 is 5.69 Å². The van der Waals surface area contributed by atoms with Gasteiger partial charge in [-0.3, -0.25) is 4.98 Å². The third-order valence-electron chi connectivity index (χ3n) is 2.25. The van der Waals surface area contributed by atoms with Gasteiger partial charge >= 0.3 is 0 Å². The van der Waals surface area contributed by atoms with E-state index in [1.165, 1.54) is 5.56 Å². The van der Waals surface area contributed by atoms with Gasteiger partial charge in [0, 0.05) is 11.9 Å². The molecule has 0 aliphatic heterocycles. The van der Waals surface area contributed by atoms with Crippen LogP contribution in [0.2, 0.25) is 0 Å². The summed E-state index contributed by atoms with van der Waals surface area (Å²) in [5.41, 5.74) is 8.41. The Morgan fingerprint density at radius 3 is 2.62 bits per heavy atom. The quantitative estimate of drug-likeness (QED) is 0.854. The largest absolute Gasteiger partial charge is 0.487 e. The first-order valence-electron chi connectivity index (χ1n) is 5.14. The Morgan fingerprint density at radius 1 is 1.19 bits per heavy atom. The summed E-state index contributed by atoms with van der Waals surface area (Å²) < 4.78 is 5.58. The number of benzene rings is 1. The second kappa shape index (κ2) is 4.66. The van der Waals surface area contributed by atoms with Crippen LogP contribution in [0.1, 0.15) is 11.3 Å². The monoisotopic (exact) mass is 214 g/mol. The first-order valence-corrected chi connectivity index (χ1v) is 5.14. The van der Waals surface area contributed by atoms with Gasteiger partial charge in [0.1, 0.15) is 12.4 Å². The molecule has 16 heavy (non-hydrogen) atoms. The maximum Gasteiger partial charge on any atom is 0.130 e. The summed E-state index contributed by atoms with van der Waals surface area (Å²) in [7, 11) is 0. The molecular weight excluding hydrogens is 200 g/mol. The molecule has 0 saturated carbocycles. The first kappa shape index (κ1) is 10.5. The fraction of sp³-hybridized carbons (Fsp3) is 0.154. The number of nitrogen functional groups attached to an aromatic ring is 1. The molecule has 0 atom stereocenters. The van der Waals surface area contributed by atoms with Crippen molar-refractivity contribution < 1.29 is 4.74 Å². The van der Waals surface area contributed by atoms with Gasteiger partial charge in [-0.25, -0.2) is 0 Å². The topological polar surface area (TPSA) is 48.1 Å². The molecule has 0 fully saturated rings. The molecule has 0 bridgehead atoms. The number of hydrogen-bond acceptors (Lipinski definition) is 3. The van der Waals surface area contributed by atoms with E-state index >= 15 is 0 Å². The summed E-state index contributed by atoms with van der Waals surface area (Å²) in [4.78, 5) is 4.17. The number of ether oxygens (including phenoxy) is 1. The lowest BCUT2D eigenvalue weighted by atomic mass is 10.2. The van der Waals surface area contributed by atoms with Crippen LogP contribution in [-0.4, -0.2) is 4.98 Å². The van der Waals surface area contributed by atoms with Crippen molar-refractivity contribution in [3.8, 4) is 5.75 Å². The maximum absolute atomic E-state index is 5.65. The summed E-state index contributed by atoms with van der Waals surface area (Å²) >= 11 is 0. The Kier molecular flexibility index (Phi) is 3.05. The van der Waals surface area contributed by atoms with Crippen LogP contribution in [0.4, 0.5) is 5.69 Å². The third-order valence-corrected chi connectivity index (χ3v) is 2.25. The summed E-state index contributed by atoms with van der Waals surface area (Å²) in [6, 6.07) is 11.5. The molecule has 82 valence electrons. The maximum atomic E-state index is 5.65. The van der Waals surface area contributed by atoms with E-state index in [1.54, 1.807) is 12.3 Å². The van der Waals surface area contributed by atoms with Crippen LogP contribution in [0.5, 0.6) is 5.75 Å². The highest BCUT2D eigenvalue weighted by atomic mass is 16.5. The Labute approximate surface area is 94.9 Å². The molecule has 3 heteroatoms. The van der Waals surface area contributed by atoms with Crippen LogP contribution < -0.4 is 10.5 Å². The minimum absolute atomic E-state index is 0.439. The number of anilines is 1. The molecule has 1 heterocycles. The fourth-order valence-corrected chi connectivity index (χ4v) is 1.37. The number of pyridine rings is 1. The first-order chi connectivity index (χ1) is 7.74. The van der Waals surface area contributed by atoms with Gasteiger partial charge in [0.15, 0.2) is 0 Å². The van der Waals surface area contributed by atoms with E-state index in [1.807, 2.05) is 37.3 Å². The Balaban J connectivity index is 1.99. The van der Waals surface area contributed by atoms with Crippen LogP contribution in [-0.2, 0) is 6.61 Å². The van der Waals surface area contributed by atoms with Gasteiger partial charge in [0.25, 0.3) is 0 Å².